The molecule has 4 rings (SSSR count). The van der Waals surface area contributed by atoms with Crippen LogP contribution < -0.4 is 10.4 Å². The Morgan fingerprint density at radius 1 is 0.772 bits per heavy atom. The molecule has 2 fully saturated rings. The highest BCUT2D eigenvalue weighted by Crippen LogP contribution is 2.44. The van der Waals surface area contributed by atoms with Crippen molar-refractivity contribution in [3.8, 4) is 0 Å². The van der Waals surface area contributed by atoms with Crippen LogP contribution in [0, 0.1) is 11.8 Å². The second-order valence-corrected chi connectivity index (χ2v) is 31.0. The number of benzene rings is 2. The number of aliphatic hydroxyl groups excluding tert-OH is 1. The zero-order valence-electron chi connectivity index (χ0n) is 37.9. The van der Waals surface area contributed by atoms with E-state index in [1.807, 2.05) is 0 Å². The smallest absolute Gasteiger partial charge is 0.261 e. The second kappa shape index (κ2) is 22.1. The zero-order chi connectivity index (χ0) is 42.0. The quantitative estimate of drug-likeness (QED) is 0.0815. The van der Waals surface area contributed by atoms with Gasteiger partial charge in [-0.25, -0.2) is 0 Å². The molecule has 0 unspecified atom stereocenters. The molecule has 0 aromatic heterocycles. The highest BCUT2D eigenvalue weighted by molar-refractivity contribution is 9.09. The number of rotatable bonds is 20. The lowest BCUT2D eigenvalue weighted by molar-refractivity contribution is -0.114. The molecule has 0 aliphatic carbocycles. The molecule has 2 aliphatic heterocycles. The molecule has 2 saturated heterocycles. The fourth-order valence-corrected chi connectivity index (χ4v) is 21.2. The molecule has 0 saturated carbocycles. The summed E-state index contributed by atoms with van der Waals surface area (Å²) in [5.74, 6) is 1.03. The van der Waals surface area contributed by atoms with Gasteiger partial charge < -0.3 is 23.4 Å². The van der Waals surface area contributed by atoms with E-state index in [1.165, 1.54) is 10.4 Å². The maximum absolute atomic E-state index is 11.6. The standard InChI is InChI=1S/C49H81BrO5Si2/c1-35(2)20-19-21-44(55-56(36(3)4,37(5)6)38(7)8)34-42-27-26-39(9)48(54-42)33-41(51)32-45-31-40(50)30-43(53-45)28-29-52-57(49(10,11)12,46-22-15-13-16-23-46)47-24-17-14-18-25-47/h13-19,21-25,35-45,48,51H,20,26-34H2,1-12H3/b21-19+/t39-,40-,41-,42-,43-,44+,45-,48+/m0/s1. The van der Waals surface area contributed by atoms with Gasteiger partial charge in [0.25, 0.3) is 8.32 Å². The van der Waals surface area contributed by atoms with Crippen molar-refractivity contribution in [2.24, 2.45) is 11.8 Å². The van der Waals surface area contributed by atoms with Crippen LogP contribution in [0.5, 0.6) is 0 Å². The van der Waals surface area contributed by atoms with Crippen LogP contribution in [-0.2, 0) is 18.3 Å². The molecule has 322 valence electrons. The molecule has 2 aromatic carbocycles. The monoisotopic (exact) mass is 884 g/mol. The molecule has 0 spiro atoms. The van der Waals surface area contributed by atoms with Crippen molar-refractivity contribution in [1.82, 2.24) is 0 Å². The fraction of sp³-hybridized carbons (Fsp3) is 0.714. The van der Waals surface area contributed by atoms with Crippen molar-refractivity contribution in [2.45, 2.75) is 204 Å². The first kappa shape index (κ1) is 48.6. The predicted octanol–water partition coefficient (Wildman–Crippen LogP) is 12.1. The molecule has 8 heteroatoms. The molecule has 2 aromatic rings. The normalized spacial score (nSPS) is 25.2. The van der Waals surface area contributed by atoms with Gasteiger partial charge in [0, 0.05) is 17.9 Å². The third-order valence-electron chi connectivity index (χ3n) is 13.1. The zero-order valence-corrected chi connectivity index (χ0v) is 41.5. The number of alkyl halides is 1. The topological polar surface area (TPSA) is 57.2 Å². The van der Waals surface area contributed by atoms with Crippen molar-refractivity contribution < 1.29 is 23.4 Å². The van der Waals surface area contributed by atoms with Crippen LogP contribution in [0.1, 0.15) is 141 Å². The fourth-order valence-electron chi connectivity index (χ4n) is 10.3. The van der Waals surface area contributed by atoms with E-state index in [9.17, 15) is 5.11 Å². The molecular weight excluding hydrogens is 805 g/mol. The van der Waals surface area contributed by atoms with E-state index in [4.69, 9.17) is 18.3 Å². The van der Waals surface area contributed by atoms with Crippen molar-refractivity contribution >= 4 is 42.9 Å². The van der Waals surface area contributed by atoms with Gasteiger partial charge in [0.2, 0.25) is 8.32 Å². The first-order valence-electron chi connectivity index (χ1n) is 22.6. The molecule has 57 heavy (non-hydrogen) atoms. The molecule has 1 N–H and O–H groups in total. The van der Waals surface area contributed by atoms with Gasteiger partial charge >= 0.3 is 0 Å². The van der Waals surface area contributed by atoms with E-state index in [-0.39, 0.29) is 35.6 Å². The molecule has 8 atom stereocenters. The van der Waals surface area contributed by atoms with Crippen LogP contribution in [0.2, 0.25) is 21.7 Å². The summed E-state index contributed by atoms with van der Waals surface area (Å²) in [5, 5.41) is 14.2. The van der Waals surface area contributed by atoms with Crippen molar-refractivity contribution in [3.05, 3.63) is 72.8 Å². The van der Waals surface area contributed by atoms with Crippen LogP contribution >= 0.6 is 15.9 Å². The van der Waals surface area contributed by atoms with E-state index in [2.05, 4.69) is 172 Å². The van der Waals surface area contributed by atoms with Gasteiger partial charge in [-0.3, -0.25) is 0 Å². The van der Waals surface area contributed by atoms with Crippen LogP contribution in [0.15, 0.2) is 72.8 Å². The van der Waals surface area contributed by atoms with Gasteiger partial charge in [-0.15, -0.1) is 0 Å². The average molecular weight is 886 g/mol. The van der Waals surface area contributed by atoms with Gasteiger partial charge in [-0.2, -0.15) is 0 Å². The maximum Gasteiger partial charge on any atom is 0.261 e. The highest BCUT2D eigenvalue weighted by atomic mass is 79.9. The van der Waals surface area contributed by atoms with Crippen LogP contribution in [0.3, 0.4) is 0 Å². The van der Waals surface area contributed by atoms with Crippen molar-refractivity contribution in [2.75, 3.05) is 6.61 Å². The SMILES string of the molecule is CC(C)C/C=C/[C@H](C[C@@H]1CC[C@H](C)[C@@H](C[C@@H](O)C[C@@H]2C[C@@H](Br)C[C@H](CCO[Si](c3ccccc3)(c3ccccc3)C(C)(C)C)O2)O1)O[Si](C(C)C)(C(C)C)C(C)C. The van der Waals surface area contributed by atoms with Crippen molar-refractivity contribution in [1.29, 1.82) is 0 Å². The number of hydrogen-bond acceptors (Lipinski definition) is 5. The number of ether oxygens (including phenoxy) is 2. The summed E-state index contributed by atoms with van der Waals surface area (Å²) in [6.45, 7) is 28.7. The lowest BCUT2D eigenvalue weighted by Gasteiger charge is -2.45. The third-order valence-corrected chi connectivity index (χ3v) is 25.0. The molecule has 2 heterocycles. The van der Waals surface area contributed by atoms with Gasteiger partial charge in [0.05, 0.1) is 36.6 Å². The Morgan fingerprint density at radius 2 is 1.33 bits per heavy atom. The molecule has 5 nitrogen and oxygen atoms in total. The minimum Gasteiger partial charge on any atom is -0.410 e. The Balaban J connectivity index is 1.39. The van der Waals surface area contributed by atoms with E-state index >= 15 is 0 Å². The highest BCUT2D eigenvalue weighted by Gasteiger charge is 2.50. The minimum absolute atomic E-state index is 0.00394. The largest absolute Gasteiger partial charge is 0.410 e. The average Bonchev–Trinajstić information content (AvgIpc) is 3.13. The van der Waals surface area contributed by atoms with E-state index in [0.717, 1.165) is 44.9 Å². The van der Waals surface area contributed by atoms with Gasteiger partial charge in [0.1, 0.15) is 0 Å². The molecule has 0 amide bonds. The summed E-state index contributed by atoms with van der Waals surface area (Å²) < 4.78 is 28.3. The molecular formula is C49H81BrO5Si2. The van der Waals surface area contributed by atoms with E-state index in [0.29, 0.717) is 52.7 Å². The van der Waals surface area contributed by atoms with E-state index < -0.39 is 22.7 Å². The first-order chi connectivity index (χ1) is 26.9. The Labute approximate surface area is 359 Å². The Hall–Kier alpha value is -1.11. The van der Waals surface area contributed by atoms with Crippen LogP contribution in [-0.4, -0.2) is 69.8 Å². The Kier molecular flexibility index (Phi) is 18.8. The third kappa shape index (κ3) is 13.0. The second-order valence-electron chi connectivity index (χ2n) is 20.0. The predicted molar refractivity (Wildman–Crippen MR) is 250 cm³/mol. The summed E-state index contributed by atoms with van der Waals surface area (Å²) in [6, 6.07) is 21.7. The number of hydrogen-bond donors (Lipinski definition) is 1. The van der Waals surface area contributed by atoms with E-state index in [1.54, 1.807) is 0 Å². The van der Waals surface area contributed by atoms with Crippen LogP contribution in [0.4, 0.5) is 0 Å². The first-order valence-corrected chi connectivity index (χ1v) is 27.6. The van der Waals surface area contributed by atoms with Crippen LogP contribution in [0.25, 0.3) is 0 Å². The molecule has 2 aliphatic rings. The van der Waals surface area contributed by atoms with Gasteiger partial charge in [0.15, 0.2) is 0 Å². The summed E-state index contributed by atoms with van der Waals surface area (Å²) in [5.41, 5.74) is 1.60. The molecule has 0 bridgehead atoms. The van der Waals surface area contributed by atoms with Gasteiger partial charge in [-0.05, 0) is 95.2 Å². The maximum atomic E-state index is 11.6. The minimum atomic E-state index is -2.61. The lowest BCUT2D eigenvalue weighted by Crippen LogP contribution is -2.66. The number of allylic oxidation sites excluding steroid dienone is 1. The summed E-state index contributed by atoms with van der Waals surface area (Å²) >= 11 is 3.97. The lowest BCUT2D eigenvalue weighted by atomic mass is 9.87. The summed E-state index contributed by atoms with van der Waals surface area (Å²) in [4.78, 5) is 0.356. The Bertz CT molecular complexity index is 1400. The summed E-state index contributed by atoms with van der Waals surface area (Å²) in [7, 11) is -4.69. The van der Waals surface area contributed by atoms with Gasteiger partial charge in [-0.1, -0.05) is 172 Å². The Morgan fingerprint density at radius 3 is 1.86 bits per heavy atom. The molecule has 0 radical (unpaired) electrons. The van der Waals surface area contributed by atoms with Crippen molar-refractivity contribution in [3.63, 3.8) is 0 Å². The summed E-state index contributed by atoms with van der Waals surface area (Å²) in [6.07, 6.45) is 12.5. The number of halogens is 1. The number of aliphatic hydroxyl groups is 1.